The van der Waals surface area contributed by atoms with Gasteiger partial charge >= 0.3 is 5.97 Å². The van der Waals surface area contributed by atoms with Crippen LogP contribution in [0.25, 0.3) is 0 Å². The van der Waals surface area contributed by atoms with E-state index < -0.39 is 5.97 Å². The molecule has 1 aliphatic rings. The van der Waals surface area contributed by atoms with Crippen LogP contribution in [0.4, 0.5) is 0 Å². The molecule has 0 spiro atoms. The summed E-state index contributed by atoms with van der Waals surface area (Å²) in [6, 6.07) is 0. The van der Waals surface area contributed by atoms with Gasteiger partial charge in [0.05, 0.1) is 13.2 Å². The third-order valence-electron chi connectivity index (χ3n) is 1.41. The van der Waals surface area contributed by atoms with Crippen molar-refractivity contribution >= 4 is 5.97 Å². The highest BCUT2D eigenvalue weighted by Gasteiger charge is 2.21. The number of rotatable bonds is 5. The Hall–Kier alpha value is -0.910. The van der Waals surface area contributed by atoms with Crippen LogP contribution < -0.4 is 0 Å². The standard InChI is InChI=1S/C6H10O3.C4H8O2/c1-5(2)6(7)9-4-8-3;1-5-2-4-3-6-4/h1,4H2,2-3H3;4H,2-3H2,1H3. The van der Waals surface area contributed by atoms with Crippen molar-refractivity contribution in [1.82, 2.24) is 0 Å². The van der Waals surface area contributed by atoms with Crippen LogP contribution in [0.1, 0.15) is 6.92 Å². The van der Waals surface area contributed by atoms with Gasteiger partial charge in [0.25, 0.3) is 0 Å². The topological polar surface area (TPSA) is 57.3 Å². The fraction of sp³-hybridized carbons (Fsp3) is 0.700. The normalized spacial score (nSPS) is 17.4. The lowest BCUT2D eigenvalue weighted by atomic mass is 10.4. The van der Waals surface area contributed by atoms with Gasteiger partial charge < -0.3 is 18.9 Å². The highest BCUT2D eigenvalue weighted by molar-refractivity contribution is 5.86. The van der Waals surface area contributed by atoms with Gasteiger partial charge in [-0.25, -0.2) is 4.79 Å². The minimum absolute atomic E-state index is 0.00824. The average molecular weight is 218 g/mol. The Bertz CT molecular complexity index is 198. The molecule has 5 heteroatoms. The summed E-state index contributed by atoms with van der Waals surface area (Å²) in [5.74, 6) is -0.420. The molecule has 1 atom stereocenters. The molecule has 88 valence electrons. The first-order chi connectivity index (χ1) is 7.11. The summed E-state index contributed by atoms with van der Waals surface area (Å²) in [6.07, 6.45) is 0.426. The summed E-state index contributed by atoms with van der Waals surface area (Å²) in [4.78, 5) is 10.5. The number of carbonyl (C=O) groups is 1. The molecule has 1 fully saturated rings. The Morgan fingerprint density at radius 3 is 2.33 bits per heavy atom. The van der Waals surface area contributed by atoms with Gasteiger partial charge in [0.1, 0.15) is 6.10 Å². The van der Waals surface area contributed by atoms with Crippen LogP contribution in [0.2, 0.25) is 0 Å². The highest BCUT2D eigenvalue weighted by Crippen LogP contribution is 2.06. The largest absolute Gasteiger partial charge is 0.435 e. The van der Waals surface area contributed by atoms with Gasteiger partial charge in [0.15, 0.2) is 6.79 Å². The monoisotopic (exact) mass is 218 g/mol. The summed E-state index contributed by atoms with van der Waals surface area (Å²) in [5, 5.41) is 0. The number of epoxide rings is 1. The van der Waals surface area contributed by atoms with Crippen molar-refractivity contribution in [3.8, 4) is 0 Å². The van der Waals surface area contributed by atoms with Gasteiger partial charge in [-0.2, -0.15) is 0 Å². The molecule has 0 aromatic carbocycles. The molecule has 0 N–H and O–H groups in total. The lowest BCUT2D eigenvalue weighted by Crippen LogP contribution is -2.06. The van der Waals surface area contributed by atoms with Crippen molar-refractivity contribution in [1.29, 1.82) is 0 Å². The molecule has 0 aromatic heterocycles. The molecule has 0 aliphatic carbocycles. The molecule has 1 saturated heterocycles. The smallest absolute Gasteiger partial charge is 0.335 e. The zero-order valence-corrected chi connectivity index (χ0v) is 9.45. The molecule has 1 rings (SSSR count). The van der Waals surface area contributed by atoms with Gasteiger partial charge in [-0.15, -0.1) is 0 Å². The maximum Gasteiger partial charge on any atom is 0.335 e. The van der Waals surface area contributed by atoms with E-state index in [9.17, 15) is 4.79 Å². The zero-order valence-electron chi connectivity index (χ0n) is 9.45. The average Bonchev–Trinajstić information content (AvgIpc) is 2.99. The fourth-order valence-corrected chi connectivity index (χ4v) is 0.586. The number of esters is 1. The number of methoxy groups -OCH3 is 2. The molecule has 0 amide bonds. The van der Waals surface area contributed by atoms with Crippen molar-refractivity contribution in [2.24, 2.45) is 0 Å². The third-order valence-corrected chi connectivity index (χ3v) is 1.41. The van der Waals surface area contributed by atoms with Crippen LogP contribution in [0.3, 0.4) is 0 Å². The highest BCUT2D eigenvalue weighted by atomic mass is 16.7. The summed E-state index contributed by atoms with van der Waals surface area (Å²) in [7, 11) is 3.13. The third kappa shape index (κ3) is 9.40. The zero-order chi connectivity index (χ0) is 11.7. The molecule has 1 heterocycles. The summed E-state index contributed by atoms with van der Waals surface area (Å²) in [6.45, 7) is 6.61. The lowest BCUT2D eigenvalue weighted by molar-refractivity contribution is -0.149. The molecule has 0 radical (unpaired) electrons. The fourth-order valence-electron chi connectivity index (χ4n) is 0.586. The second-order valence-corrected chi connectivity index (χ2v) is 3.03. The number of hydrogen-bond donors (Lipinski definition) is 0. The quantitative estimate of drug-likeness (QED) is 0.295. The van der Waals surface area contributed by atoms with E-state index >= 15 is 0 Å². The van der Waals surface area contributed by atoms with E-state index in [1.165, 1.54) is 7.11 Å². The van der Waals surface area contributed by atoms with Crippen LogP contribution in [0, 0.1) is 0 Å². The Morgan fingerprint density at radius 1 is 1.47 bits per heavy atom. The van der Waals surface area contributed by atoms with Crippen LogP contribution in [-0.2, 0) is 23.7 Å². The molecule has 0 saturated carbocycles. The summed E-state index contributed by atoms with van der Waals surface area (Å²) >= 11 is 0. The summed E-state index contributed by atoms with van der Waals surface area (Å²) < 4.78 is 18.5. The number of ether oxygens (including phenoxy) is 4. The first kappa shape index (κ1) is 14.1. The second kappa shape index (κ2) is 8.40. The SMILES string of the molecule is C=C(C)C(=O)OCOC.COCC1CO1. The molecule has 5 nitrogen and oxygen atoms in total. The van der Waals surface area contributed by atoms with Crippen LogP contribution in [-0.4, -0.2) is 46.3 Å². The van der Waals surface area contributed by atoms with Gasteiger partial charge in [-0.05, 0) is 6.92 Å². The van der Waals surface area contributed by atoms with E-state index in [0.717, 1.165) is 13.2 Å². The molecular formula is C10H18O5. The minimum atomic E-state index is -0.420. The molecule has 0 bridgehead atoms. The van der Waals surface area contributed by atoms with Crippen LogP contribution >= 0.6 is 0 Å². The van der Waals surface area contributed by atoms with E-state index in [1.54, 1.807) is 14.0 Å². The van der Waals surface area contributed by atoms with Crippen molar-refractivity contribution in [3.05, 3.63) is 12.2 Å². The van der Waals surface area contributed by atoms with E-state index in [1.807, 2.05) is 0 Å². The predicted octanol–water partition coefficient (Wildman–Crippen LogP) is 0.741. The number of hydrogen-bond acceptors (Lipinski definition) is 5. The molecule has 0 aromatic rings. The van der Waals surface area contributed by atoms with Gasteiger partial charge in [0, 0.05) is 19.8 Å². The first-order valence-corrected chi connectivity index (χ1v) is 4.54. The Kier molecular flexibility index (Phi) is 7.89. The van der Waals surface area contributed by atoms with E-state index in [0.29, 0.717) is 11.7 Å². The van der Waals surface area contributed by atoms with Crippen LogP contribution in [0.5, 0.6) is 0 Å². The predicted molar refractivity (Wildman–Crippen MR) is 54.4 cm³/mol. The first-order valence-electron chi connectivity index (χ1n) is 4.54. The molecule has 15 heavy (non-hydrogen) atoms. The van der Waals surface area contributed by atoms with Crippen molar-refractivity contribution in [2.75, 3.05) is 34.2 Å². The van der Waals surface area contributed by atoms with E-state index in [-0.39, 0.29) is 6.79 Å². The Balaban J connectivity index is 0.000000280. The number of carbonyl (C=O) groups excluding carboxylic acids is 1. The Morgan fingerprint density at radius 2 is 2.07 bits per heavy atom. The maximum atomic E-state index is 10.5. The van der Waals surface area contributed by atoms with Gasteiger partial charge in [-0.3, -0.25) is 0 Å². The Labute approximate surface area is 89.9 Å². The molecule has 1 unspecified atom stereocenters. The van der Waals surface area contributed by atoms with E-state index in [2.05, 4.69) is 16.1 Å². The van der Waals surface area contributed by atoms with Crippen LogP contribution in [0.15, 0.2) is 12.2 Å². The van der Waals surface area contributed by atoms with Crippen molar-refractivity contribution < 1.29 is 23.7 Å². The van der Waals surface area contributed by atoms with Crippen molar-refractivity contribution in [2.45, 2.75) is 13.0 Å². The van der Waals surface area contributed by atoms with Gasteiger partial charge in [0.2, 0.25) is 0 Å². The minimum Gasteiger partial charge on any atom is -0.435 e. The summed E-state index contributed by atoms with van der Waals surface area (Å²) in [5.41, 5.74) is 0.382. The van der Waals surface area contributed by atoms with Gasteiger partial charge in [-0.1, -0.05) is 6.58 Å². The molecule has 1 aliphatic heterocycles. The van der Waals surface area contributed by atoms with Crippen molar-refractivity contribution in [3.63, 3.8) is 0 Å². The van der Waals surface area contributed by atoms with E-state index in [4.69, 9.17) is 9.47 Å². The molecular weight excluding hydrogens is 200 g/mol. The second-order valence-electron chi connectivity index (χ2n) is 3.03. The maximum absolute atomic E-state index is 10.5. The lowest BCUT2D eigenvalue weighted by Gasteiger charge is -1.99.